The monoisotopic (exact) mass is 419 g/mol. The van der Waals surface area contributed by atoms with Crippen LogP contribution in [0.4, 0.5) is 0 Å². The van der Waals surface area contributed by atoms with Gasteiger partial charge in [-0.25, -0.2) is 0 Å². The Labute approximate surface area is 191 Å². The molecule has 1 nitrogen and oxygen atoms in total. The minimum atomic E-state index is 1.12. The van der Waals surface area contributed by atoms with Crippen molar-refractivity contribution in [3.8, 4) is 0 Å². The summed E-state index contributed by atoms with van der Waals surface area (Å²) >= 11 is 0. The molecule has 0 rings (SSSR count). The van der Waals surface area contributed by atoms with E-state index in [9.17, 15) is 0 Å². The summed E-state index contributed by atoms with van der Waals surface area (Å²) in [6, 6.07) is 0. The maximum Gasteiger partial charge on any atom is -0.00189 e. The predicted octanol–water partition coefficient (Wildman–Crippen LogP) is 9.87. The SMILES string of the molecule is CCCCC/C=C\C/C=C\CCCCCCCCN(CC)CCCCCCCCC. The van der Waals surface area contributed by atoms with Crippen LogP contribution in [0.5, 0.6) is 0 Å². The third-order valence-electron chi connectivity index (χ3n) is 6.20. The topological polar surface area (TPSA) is 3.24 Å². The van der Waals surface area contributed by atoms with Crippen LogP contribution in [-0.2, 0) is 0 Å². The van der Waals surface area contributed by atoms with E-state index in [1.54, 1.807) is 0 Å². The summed E-state index contributed by atoms with van der Waals surface area (Å²) in [4.78, 5) is 2.68. The van der Waals surface area contributed by atoms with Crippen LogP contribution in [0.1, 0.15) is 143 Å². The molecule has 0 saturated carbocycles. The second-order valence-electron chi connectivity index (χ2n) is 9.14. The van der Waals surface area contributed by atoms with Gasteiger partial charge in [-0.2, -0.15) is 0 Å². The molecule has 0 radical (unpaired) electrons. The minimum absolute atomic E-state index is 1.12. The maximum atomic E-state index is 2.68. The molecule has 0 heterocycles. The molecular weight excluding hydrogens is 362 g/mol. The molecule has 0 aliphatic rings. The van der Waals surface area contributed by atoms with Gasteiger partial charge in [0, 0.05) is 0 Å². The summed E-state index contributed by atoms with van der Waals surface area (Å²) in [5.74, 6) is 0. The van der Waals surface area contributed by atoms with E-state index >= 15 is 0 Å². The highest BCUT2D eigenvalue weighted by Gasteiger charge is 2.02. The first-order valence-electron chi connectivity index (χ1n) is 13.9. The molecule has 1 heteroatoms. The van der Waals surface area contributed by atoms with E-state index in [1.165, 1.54) is 135 Å². The average Bonchev–Trinajstić information content (AvgIpc) is 2.76. The van der Waals surface area contributed by atoms with Crippen molar-refractivity contribution in [3.05, 3.63) is 24.3 Å². The third kappa shape index (κ3) is 23.7. The van der Waals surface area contributed by atoms with Crippen molar-refractivity contribution in [2.45, 2.75) is 143 Å². The lowest BCUT2D eigenvalue weighted by atomic mass is 10.1. The van der Waals surface area contributed by atoms with Gasteiger partial charge in [-0.05, 0) is 64.6 Å². The van der Waals surface area contributed by atoms with Gasteiger partial charge in [0.05, 0.1) is 0 Å². The molecule has 0 atom stereocenters. The number of nitrogens with zero attached hydrogens (tertiary/aromatic N) is 1. The fourth-order valence-electron chi connectivity index (χ4n) is 4.04. The van der Waals surface area contributed by atoms with Crippen molar-refractivity contribution in [2.75, 3.05) is 19.6 Å². The Hall–Kier alpha value is -0.560. The Bertz CT molecular complexity index is 357. The number of hydrogen-bond donors (Lipinski definition) is 0. The molecule has 0 bridgehead atoms. The first kappa shape index (κ1) is 29.4. The van der Waals surface area contributed by atoms with E-state index in [2.05, 4.69) is 50.0 Å². The highest BCUT2D eigenvalue weighted by molar-refractivity contribution is 4.92. The van der Waals surface area contributed by atoms with E-state index in [0.717, 1.165) is 6.42 Å². The van der Waals surface area contributed by atoms with Gasteiger partial charge in [0.25, 0.3) is 0 Å². The van der Waals surface area contributed by atoms with Gasteiger partial charge in [0.1, 0.15) is 0 Å². The van der Waals surface area contributed by atoms with Crippen LogP contribution >= 0.6 is 0 Å². The smallest absolute Gasteiger partial charge is 0.00189 e. The Balaban J connectivity index is 3.35. The molecule has 0 aromatic carbocycles. The number of allylic oxidation sites excluding steroid dienone is 4. The lowest BCUT2D eigenvalue weighted by Gasteiger charge is -2.20. The van der Waals surface area contributed by atoms with E-state index in [4.69, 9.17) is 0 Å². The van der Waals surface area contributed by atoms with Crippen LogP contribution in [0.3, 0.4) is 0 Å². The molecule has 0 N–H and O–H groups in total. The lowest BCUT2D eigenvalue weighted by Crippen LogP contribution is -2.25. The van der Waals surface area contributed by atoms with Crippen LogP contribution in [-0.4, -0.2) is 24.5 Å². The van der Waals surface area contributed by atoms with Gasteiger partial charge in [-0.1, -0.05) is 122 Å². The molecule has 0 spiro atoms. The molecule has 0 aromatic heterocycles. The summed E-state index contributed by atoms with van der Waals surface area (Å²) in [5.41, 5.74) is 0. The Morgan fingerprint density at radius 3 is 1.33 bits per heavy atom. The largest absolute Gasteiger partial charge is 0.304 e. The van der Waals surface area contributed by atoms with E-state index in [-0.39, 0.29) is 0 Å². The molecule has 0 aliphatic carbocycles. The zero-order valence-electron chi connectivity index (χ0n) is 21.3. The first-order chi connectivity index (χ1) is 14.8. The van der Waals surface area contributed by atoms with Crippen LogP contribution in [0.25, 0.3) is 0 Å². The fraction of sp³-hybridized carbons (Fsp3) is 0.862. The van der Waals surface area contributed by atoms with E-state index in [0.29, 0.717) is 0 Å². The summed E-state index contributed by atoms with van der Waals surface area (Å²) in [5, 5.41) is 0. The number of rotatable bonds is 24. The Kier molecular flexibility index (Phi) is 26.0. The maximum absolute atomic E-state index is 2.68. The van der Waals surface area contributed by atoms with Crippen molar-refractivity contribution in [1.82, 2.24) is 4.90 Å². The predicted molar refractivity (Wildman–Crippen MR) is 139 cm³/mol. The highest BCUT2D eigenvalue weighted by atomic mass is 15.1. The van der Waals surface area contributed by atoms with E-state index in [1.807, 2.05) is 0 Å². The van der Waals surface area contributed by atoms with Crippen LogP contribution < -0.4 is 0 Å². The zero-order valence-corrected chi connectivity index (χ0v) is 21.3. The standard InChI is InChI=1S/C29H57N/c1-4-7-9-11-13-14-15-16-17-18-19-20-21-23-25-27-29-30(6-3)28-26-24-22-12-10-8-5-2/h13-14,16-17H,4-12,15,18-29H2,1-3H3/b14-13-,17-16-. The van der Waals surface area contributed by atoms with Gasteiger partial charge in [-0.3, -0.25) is 0 Å². The second-order valence-corrected chi connectivity index (χ2v) is 9.14. The van der Waals surface area contributed by atoms with Crippen molar-refractivity contribution >= 4 is 0 Å². The minimum Gasteiger partial charge on any atom is -0.304 e. The average molecular weight is 420 g/mol. The van der Waals surface area contributed by atoms with Gasteiger partial charge in [0.15, 0.2) is 0 Å². The second kappa shape index (κ2) is 26.5. The Morgan fingerprint density at radius 1 is 0.433 bits per heavy atom. The van der Waals surface area contributed by atoms with Gasteiger partial charge in [0.2, 0.25) is 0 Å². The van der Waals surface area contributed by atoms with Crippen molar-refractivity contribution in [3.63, 3.8) is 0 Å². The summed E-state index contributed by atoms with van der Waals surface area (Å²) < 4.78 is 0. The quantitative estimate of drug-likeness (QED) is 0.111. The lowest BCUT2D eigenvalue weighted by molar-refractivity contribution is 0.273. The Morgan fingerprint density at radius 2 is 0.833 bits per heavy atom. The molecule has 0 unspecified atom stereocenters. The van der Waals surface area contributed by atoms with Gasteiger partial charge >= 0.3 is 0 Å². The number of unbranched alkanes of at least 4 members (excludes halogenated alkanes) is 15. The van der Waals surface area contributed by atoms with Gasteiger partial charge < -0.3 is 4.90 Å². The zero-order chi connectivity index (χ0) is 22.0. The summed E-state index contributed by atoms with van der Waals surface area (Å²) in [6.07, 6.45) is 35.5. The molecule has 0 amide bonds. The van der Waals surface area contributed by atoms with Crippen molar-refractivity contribution < 1.29 is 0 Å². The molecule has 30 heavy (non-hydrogen) atoms. The highest BCUT2D eigenvalue weighted by Crippen LogP contribution is 2.10. The molecule has 0 saturated heterocycles. The summed E-state index contributed by atoms with van der Waals surface area (Å²) in [7, 11) is 0. The molecule has 0 aliphatic heterocycles. The third-order valence-corrected chi connectivity index (χ3v) is 6.20. The molecule has 178 valence electrons. The first-order valence-corrected chi connectivity index (χ1v) is 13.9. The van der Waals surface area contributed by atoms with Crippen LogP contribution in [0.2, 0.25) is 0 Å². The van der Waals surface area contributed by atoms with Crippen molar-refractivity contribution in [1.29, 1.82) is 0 Å². The molecule has 0 aromatic rings. The fourth-order valence-corrected chi connectivity index (χ4v) is 4.04. The number of hydrogen-bond acceptors (Lipinski definition) is 1. The van der Waals surface area contributed by atoms with Crippen LogP contribution in [0.15, 0.2) is 24.3 Å². The normalized spacial score (nSPS) is 12.1. The van der Waals surface area contributed by atoms with Gasteiger partial charge in [-0.15, -0.1) is 0 Å². The molecular formula is C29H57N. The summed E-state index contributed by atoms with van der Waals surface area (Å²) in [6.45, 7) is 10.8. The molecule has 0 fully saturated rings. The van der Waals surface area contributed by atoms with Crippen molar-refractivity contribution in [2.24, 2.45) is 0 Å². The van der Waals surface area contributed by atoms with Crippen LogP contribution in [0, 0.1) is 0 Å². The van der Waals surface area contributed by atoms with E-state index < -0.39 is 0 Å².